The van der Waals surface area contributed by atoms with Crippen molar-refractivity contribution in [3.8, 4) is 0 Å². The lowest BCUT2D eigenvalue weighted by molar-refractivity contribution is 0.387. The van der Waals surface area contributed by atoms with Gasteiger partial charge in [-0.05, 0) is 44.9 Å². The molecule has 1 rings (SSSR count). The molecule has 18 heavy (non-hydrogen) atoms. The Morgan fingerprint density at radius 3 is 2.67 bits per heavy atom. The number of nitrogens with one attached hydrogen (secondary N) is 1. The van der Waals surface area contributed by atoms with Crippen molar-refractivity contribution in [2.24, 2.45) is 0 Å². The van der Waals surface area contributed by atoms with Crippen LogP contribution in [0.5, 0.6) is 0 Å². The molecule has 102 valence electrons. The van der Waals surface area contributed by atoms with Crippen molar-refractivity contribution in [1.82, 2.24) is 5.32 Å². The summed E-state index contributed by atoms with van der Waals surface area (Å²) in [6, 6.07) is 7.81. The molecule has 1 aromatic rings. The highest BCUT2D eigenvalue weighted by atomic mass is 35.5. The first-order valence-corrected chi connectivity index (χ1v) is 7.62. The van der Waals surface area contributed by atoms with Gasteiger partial charge in [0, 0.05) is 10.6 Å². The van der Waals surface area contributed by atoms with E-state index in [2.05, 4.69) is 19.2 Å². The molecule has 1 atom stereocenters. The van der Waals surface area contributed by atoms with Crippen molar-refractivity contribution in [1.29, 1.82) is 0 Å². The zero-order valence-electron chi connectivity index (χ0n) is 10.8. The van der Waals surface area contributed by atoms with Crippen LogP contribution >= 0.6 is 11.6 Å². The van der Waals surface area contributed by atoms with Crippen LogP contribution in [0.4, 0.5) is 0 Å². The van der Waals surface area contributed by atoms with Crippen LogP contribution in [0, 0.1) is 0 Å². The molecule has 0 radical (unpaired) electrons. The molecule has 0 saturated heterocycles. The normalized spacial score (nSPS) is 13.6. The molecule has 0 fully saturated rings. The second-order valence-corrected chi connectivity index (χ2v) is 6.42. The third-order valence-corrected chi connectivity index (χ3v) is 3.70. The highest BCUT2D eigenvalue weighted by Gasteiger charge is 2.18. The van der Waals surface area contributed by atoms with E-state index < -0.39 is 11.1 Å². The van der Waals surface area contributed by atoms with Crippen molar-refractivity contribution in [3.63, 3.8) is 0 Å². The predicted molar refractivity (Wildman–Crippen MR) is 77.5 cm³/mol. The Labute approximate surface area is 116 Å². The van der Waals surface area contributed by atoms with Crippen molar-refractivity contribution in [2.45, 2.75) is 32.2 Å². The molecule has 1 aromatic carbocycles. The van der Waals surface area contributed by atoms with Crippen LogP contribution in [-0.4, -0.2) is 26.6 Å². The topological polar surface area (TPSA) is 49.3 Å². The number of rotatable bonds is 7. The zero-order chi connectivity index (χ0) is 13.6. The van der Waals surface area contributed by atoms with E-state index in [9.17, 15) is 4.21 Å². The van der Waals surface area contributed by atoms with E-state index in [0.29, 0.717) is 12.2 Å². The summed E-state index contributed by atoms with van der Waals surface area (Å²) in [5.74, 6) is 0.315. The molecule has 0 spiro atoms. The summed E-state index contributed by atoms with van der Waals surface area (Å²) in [5.41, 5.74) is 1.03. The fourth-order valence-corrected chi connectivity index (χ4v) is 2.40. The first kappa shape index (κ1) is 15.6. The standard InChI is InChI=1S/C13H20ClNO2S/c1-13(2,15-8-5-9-18(16)17)10-11-6-3-4-7-12(11)14/h3-4,6-7,15H,5,8-10H2,1-2H3,(H,16,17). The highest BCUT2D eigenvalue weighted by Crippen LogP contribution is 2.20. The third-order valence-electron chi connectivity index (χ3n) is 2.69. The summed E-state index contributed by atoms with van der Waals surface area (Å²) in [5, 5.41) is 4.17. The molecule has 0 aromatic heterocycles. The minimum atomic E-state index is -1.70. The Hall–Kier alpha value is -0.420. The summed E-state index contributed by atoms with van der Waals surface area (Å²) < 4.78 is 19.2. The van der Waals surface area contributed by atoms with Gasteiger partial charge in [-0.15, -0.1) is 0 Å². The van der Waals surface area contributed by atoms with E-state index in [1.165, 1.54) is 0 Å². The smallest absolute Gasteiger partial charge is 0.152 e. The lowest BCUT2D eigenvalue weighted by Crippen LogP contribution is -2.42. The molecule has 0 amide bonds. The highest BCUT2D eigenvalue weighted by molar-refractivity contribution is 7.79. The minimum Gasteiger partial charge on any atom is -0.311 e. The Morgan fingerprint density at radius 1 is 1.39 bits per heavy atom. The fourth-order valence-electron chi connectivity index (χ4n) is 1.80. The lowest BCUT2D eigenvalue weighted by Gasteiger charge is -2.27. The van der Waals surface area contributed by atoms with Crippen LogP contribution in [0.3, 0.4) is 0 Å². The first-order valence-electron chi connectivity index (χ1n) is 5.96. The van der Waals surface area contributed by atoms with Gasteiger partial charge in [-0.25, -0.2) is 4.21 Å². The molecule has 2 N–H and O–H groups in total. The summed E-state index contributed by atoms with van der Waals surface area (Å²) in [6.07, 6.45) is 1.52. The molecule has 1 unspecified atom stereocenters. The van der Waals surface area contributed by atoms with E-state index in [-0.39, 0.29) is 5.54 Å². The summed E-state index contributed by atoms with van der Waals surface area (Å²) in [4.78, 5) is 0. The Morgan fingerprint density at radius 2 is 2.06 bits per heavy atom. The van der Waals surface area contributed by atoms with E-state index in [4.69, 9.17) is 16.2 Å². The van der Waals surface area contributed by atoms with E-state index in [0.717, 1.165) is 23.6 Å². The summed E-state index contributed by atoms with van der Waals surface area (Å²) >= 11 is 4.44. The van der Waals surface area contributed by atoms with Crippen molar-refractivity contribution >= 4 is 22.7 Å². The number of benzene rings is 1. The van der Waals surface area contributed by atoms with Crippen molar-refractivity contribution < 1.29 is 8.76 Å². The van der Waals surface area contributed by atoms with Gasteiger partial charge in [0.25, 0.3) is 0 Å². The van der Waals surface area contributed by atoms with E-state index >= 15 is 0 Å². The van der Waals surface area contributed by atoms with Gasteiger partial charge in [0.1, 0.15) is 0 Å². The van der Waals surface area contributed by atoms with Crippen LogP contribution < -0.4 is 5.32 Å². The van der Waals surface area contributed by atoms with Gasteiger partial charge < -0.3 is 9.87 Å². The van der Waals surface area contributed by atoms with Crippen molar-refractivity contribution in [3.05, 3.63) is 34.9 Å². The Bertz CT molecular complexity index is 410. The van der Waals surface area contributed by atoms with Crippen LogP contribution in [0.1, 0.15) is 25.8 Å². The molecule has 5 heteroatoms. The quantitative estimate of drug-likeness (QED) is 0.599. The SMILES string of the molecule is CC(C)(Cc1ccccc1Cl)NCCCS(=O)O. The van der Waals surface area contributed by atoms with Gasteiger partial charge >= 0.3 is 0 Å². The fraction of sp³-hybridized carbons (Fsp3) is 0.538. The zero-order valence-corrected chi connectivity index (χ0v) is 12.4. The molecule has 0 aliphatic heterocycles. The van der Waals surface area contributed by atoms with E-state index in [1.807, 2.05) is 24.3 Å². The predicted octanol–water partition coefficient (Wildman–Crippen LogP) is 2.86. The lowest BCUT2D eigenvalue weighted by atomic mass is 9.95. The average Bonchev–Trinajstić information content (AvgIpc) is 2.27. The second kappa shape index (κ2) is 7.24. The van der Waals surface area contributed by atoms with Gasteiger partial charge in [0.2, 0.25) is 0 Å². The number of hydrogen-bond acceptors (Lipinski definition) is 2. The largest absolute Gasteiger partial charge is 0.311 e. The van der Waals surface area contributed by atoms with Crippen LogP contribution in [0.25, 0.3) is 0 Å². The van der Waals surface area contributed by atoms with E-state index in [1.54, 1.807) is 0 Å². The van der Waals surface area contributed by atoms with Crippen molar-refractivity contribution in [2.75, 3.05) is 12.3 Å². The maximum atomic E-state index is 10.5. The molecule has 0 aliphatic rings. The second-order valence-electron chi connectivity index (χ2n) is 4.96. The summed E-state index contributed by atoms with van der Waals surface area (Å²) in [7, 11) is 0. The van der Waals surface area contributed by atoms with Gasteiger partial charge in [-0.1, -0.05) is 29.8 Å². The molecular weight excluding hydrogens is 270 g/mol. The first-order chi connectivity index (χ1) is 8.41. The molecule has 0 bridgehead atoms. The monoisotopic (exact) mass is 289 g/mol. The molecule has 3 nitrogen and oxygen atoms in total. The summed E-state index contributed by atoms with van der Waals surface area (Å²) in [6.45, 7) is 4.93. The average molecular weight is 290 g/mol. The van der Waals surface area contributed by atoms with Gasteiger partial charge in [0.15, 0.2) is 11.1 Å². The van der Waals surface area contributed by atoms with Gasteiger partial charge in [0.05, 0.1) is 5.75 Å². The van der Waals surface area contributed by atoms with Gasteiger partial charge in [-0.2, -0.15) is 0 Å². The van der Waals surface area contributed by atoms with Gasteiger partial charge in [-0.3, -0.25) is 0 Å². The Balaban J connectivity index is 2.44. The van der Waals surface area contributed by atoms with Crippen LogP contribution in [-0.2, 0) is 17.5 Å². The van der Waals surface area contributed by atoms with Crippen LogP contribution in [0.2, 0.25) is 5.02 Å². The Kier molecular flexibility index (Phi) is 6.29. The maximum Gasteiger partial charge on any atom is 0.152 e. The third kappa shape index (κ3) is 5.96. The minimum absolute atomic E-state index is 0.0814. The number of hydrogen-bond donors (Lipinski definition) is 2. The molecule has 0 aliphatic carbocycles. The molecule has 0 saturated carbocycles. The molecular formula is C13H20ClNO2S. The maximum absolute atomic E-state index is 10.5. The molecule has 0 heterocycles. The number of halogens is 1. The van der Waals surface area contributed by atoms with Crippen LogP contribution in [0.15, 0.2) is 24.3 Å².